The molecule has 34 heavy (non-hydrogen) atoms. The second kappa shape index (κ2) is 10.3. The second-order valence-corrected chi connectivity index (χ2v) is 7.78. The van der Waals surface area contributed by atoms with E-state index < -0.39 is 23.5 Å². The van der Waals surface area contributed by atoms with Gasteiger partial charge < -0.3 is 23.9 Å². The van der Waals surface area contributed by atoms with E-state index in [0.717, 1.165) is 5.56 Å². The van der Waals surface area contributed by atoms with Gasteiger partial charge in [0.1, 0.15) is 0 Å². The number of aliphatic hydroxyl groups excluding tert-OH is 1. The number of carbonyl (C=O) groups is 2. The van der Waals surface area contributed by atoms with Crippen LogP contribution in [0.1, 0.15) is 41.6 Å². The van der Waals surface area contributed by atoms with Crippen LogP contribution in [0.5, 0.6) is 11.5 Å². The number of ketones is 1. The van der Waals surface area contributed by atoms with Crippen LogP contribution in [0.4, 0.5) is 0 Å². The fourth-order valence-corrected chi connectivity index (χ4v) is 4.14. The van der Waals surface area contributed by atoms with Crippen molar-refractivity contribution in [1.29, 1.82) is 0 Å². The normalized spacial score (nSPS) is 15.6. The lowest BCUT2D eigenvalue weighted by Crippen LogP contribution is -2.33. The molecule has 2 heterocycles. The Morgan fingerprint density at radius 1 is 1.00 bits per heavy atom. The maximum Gasteiger partial charge on any atom is 0.290 e. The largest absolute Gasteiger partial charge is 0.503 e. The van der Waals surface area contributed by atoms with Gasteiger partial charge in [0.25, 0.3) is 5.91 Å². The molecule has 0 bridgehead atoms. The van der Waals surface area contributed by atoms with Crippen LogP contribution in [0.2, 0.25) is 0 Å². The quantitative estimate of drug-likeness (QED) is 0.432. The van der Waals surface area contributed by atoms with Crippen LogP contribution in [0.3, 0.4) is 0 Å². The Morgan fingerprint density at radius 2 is 1.74 bits per heavy atom. The van der Waals surface area contributed by atoms with Gasteiger partial charge in [0.05, 0.1) is 31.1 Å². The first-order valence-corrected chi connectivity index (χ1v) is 11.3. The van der Waals surface area contributed by atoms with Gasteiger partial charge in [-0.2, -0.15) is 0 Å². The Labute approximate surface area is 198 Å². The van der Waals surface area contributed by atoms with Crippen molar-refractivity contribution < 1.29 is 28.6 Å². The topological polar surface area (TPSA) is 89.2 Å². The first kappa shape index (κ1) is 23.2. The lowest BCUT2D eigenvalue weighted by molar-refractivity contribution is -0.129. The molecule has 0 fully saturated rings. The van der Waals surface area contributed by atoms with E-state index in [1.54, 1.807) is 24.3 Å². The van der Waals surface area contributed by atoms with Gasteiger partial charge in [0, 0.05) is 6.54 Å². The van der Waals surface area contributed by atoms with Gasteiger partial charge in [-0.3, -0.25) is 9.59 Å². The number of hydrogen-bond acceptors (Lipinski definition) is 6. The number of Topliss-reactive ketones (excluding diaryl/α,β-unsaturated/α-hetero) is 1. The molecule has 1 aliphatic rings. The van der Waals surface area contributed by atoms with E-state index in [4.69, 9.17) is 13.9 Å². The van der Waals surface area contributed by atoms with Gasteiger partial charge in [0.2, 0.25) is 5.78 Å². The number of rotatable bonds is 10. The van der Waals surface area contributed by atoms with E-state index in [0.29, 0.717) is 43.2 Å². The fourth-order valence-electron chi connectivity index (χ4n) is 4.14. The predicted molar refractivity (Wildman–Crippen MR) is 126 cm³/mol. The molecule has 3 aromatic rings. The average Bonchev–Trinajstić information content (AvgIpc) is 3.47. The van der Waals surface area contributed by atoms with Crippen LogP contribution in [-0.2, 0) is 11.2 Å². The third-order valence-corrected chi connectivity index (χ3v) is 5.66. The molecule has 0 spiro atoms. The number of benzene rings is 2. The zero-order valence-corrected chi connectivity index (χ0v) is 19.2. The standard InChI is InChI=1S/C27H27NO6/c1-3-32-20-13-12-19(17-22(20)33-4-2)24-23(25(29)21-11-8-16-34-21)26(30)27(31)28(24)15-14-18-9-6-5-7-10-18/h5-13,16-17,24,30H,3-4,14-15H2,1-2H3. The van der Waals surface area contributed by atoms with Gasteiger partial charge in [-0.1, -0.05) is 36.4 Å². The summed E-state index contributed by atoms with van der Waals surface area (Å²) in [6, 6.07) is 17.3. The summed E-state index contributed by atoms with van der Waals surface area (Å²) in [5, 5.41) is 10.8. The molecule has 0 aliphatic carbocycles. The number of furan rings is 1. The van der Waals surface area contributed by atoms with Crippen LogP contribution < -0.4 is 9.47 Å². The third-order valence-electron chi connectivity index (χ3n) is 5.66. The fraction of sp³-hybridized carbons (Fsp3) is 0.259. The molecule has 0 radical (unpaired) electrons. The molecule has 1 N–H and O–H groups in total. The van der Waals surface area contributed by atoms with Gasteiger partial charge in [-0.25, -0.2) is 0 Å². The van der Waals surface area contributed by atoms with Crippen LogP contribution >= 0.6 is 0 Å². The average molecular weight is 462 g/mol. The Hall–Kier alpha value is -4.00. The van der Waals surface area contributed by atoms with Crippen LogP contribution in [-0.4, -0.2) is 41.5 Å². The van der Waals surface area contributed by atoms with Crippen molar-refractivity contribution in [3.63, 3.8) is 0 Å². The molecule has 4 rings (SSSR count). The second-order valence-electron chi connectivity index (χ2n) is 7.78. The van der Waals surface area contributed by atoms with Crippen molar-refractivity contribution >= 4 is 11.7 Å². The molecular weight excluding hydrogens is 434 g/mol. The molecule has 7 heteroatoms. The maximum atomic E-state index is 13.3. The number of carbonyl (C=O) groups excluding carboxylic acids is 2. The SMILES string of the molecule is CCOc1ccc(C2C(C(=O)c3ccco3)=C(O)C(=O)N2CCc2ccccc2)cc1OCC. The van der Waals surface area contributed by atoms with Gasteiger partial charge in [-0.05, 0) is 55.7 Å². The Morgan fingerprint density at radius 3 is 2.41 bits per heavy atom. The number of ether oxygens (including phenoxy) is 2. The van der Waals surface area contributed by atoms with E-state index in [1.165, 1.54) is 17.2 Å². The van der Waals surface area contributed by atoms with Crippen molar-refractivity contribution in [3.8, 4) is 11.5 Å². The summed E-state index contributed by atoms with van der Waals surface area (Å²) in [6.07, 6.45) is 1.95. The van der Waals surface area contributed by atoms with E-state index >= 15 is 0 Å². The number of nitrogens with zero attached hydrogens (tertiary/aromatic N) is 1. The molecule has 1 amide bonds. The molecule has 2 aromatic carbocycles. The molecule has 1 unspecified atom stereocenters. The van der Waals surface area contributed by atoms with E-state index in [1.807, 2.05) is 44.2 Å². The van der Waals surface area contributed by atoms with E-state index in [9.17, 15) is 14.7 Å². The molecular formula is C27H27NO6. The van der Waals surface area contributed by atoms with Crippen LogP contribution in [0, 0.1) is 0 Å². The predicted octanol–water partition coefficient (Wildman–Crippen LogP) is 4.90. The van der Waals surface area contributed by atoms with Crippen LogP contribution in [0.25, 0.3) is 0 Å². The minimum Gasteiger partial charge on any atom is -0.503 e. The molecule has 176 valence electrons. The Balaban J connectivity index is 1.76. The molecule has 1 atom stereocenters. The smallest absolute Gasteiger partial charge is 0.290 e. The van der Waals surface area contributed by atoms with Crippen molar-refractivity contribution in [2.45, 2.75) is 26.3 Å². The summed E-state index contributed by atoms with van der Waals surface area (Å²) in [4.78, 5) is 28.0. The zero-order valence-electron chi connectivity index (χ0n) is 19.2. The monoisotopic (exact) mass is 461 g/mol. The highest BCUT2D eigenvalue weighted by atomic mass is 16.5. The van der Waals surface area contributed by atoms with Gasteiger partial charge in [-0.15, -0.1) is 0 Å². The van der Waals surface area contributed by atoms with Crippen molar-refractivity contribution in [2.24, 2.45) is 0 Å². The van der Waals surface area contributed by atoms with E-state index in [-0.39, 0.29) is 11.3 Å². The lowest BCUT2D eigenvalue weighted by atomic mass is 9.94. The summed E-state index contributed by atoms with van der Waals surface area (Å²) in [6.45, 7) is 4.94. The maximum absolute atomic E-state index is 13.3. The molecule has 0 saturated carbocycles. The minimum absolute atomic E-state index is 0.0142. The third kappa shape index (κ3) is 4.55. The van der Waals surface area contributed by atoms with Gasteiger partial charge in [0.15, 0.2) is 23.0 Å². The lowest BCUT2D eigenvalue weighted by Gasteiger charge is -2.27. The summed E-state index contributed by atoms with van der Waals surface area (Å²) >= 11 is 0. The minimum atomic E-state index is -0.802. The highest BCUT2D eigenvalue weighted by Gasteiger charge is 2.44. The summed E-state index contributed by atoms with van der Waals surface area (Å²) < 4.78 is 16.7. The zero-order chi connectivity index (χ0) is 24.1. The molecule has 1 aromatic heterocycles. The van der Waals surface area contributed by atoms with Gasteiger partial charge >= 0.3 is 0 Å². The highest BCUT2D eigenvalue weighted by molar-refractivity contribution is 6.15. The van der Waals surface area contributed by atoms with E-state index in [2.05, 4.69) is 0 Å². The molecule has 0 saturated heterocycles. The van der Waals surface area contributed by atoms with Crippen molar-refractivity contribution in [3.05, 3.63) is 95.1 Å². The summed E-state index contributed by atoms with van der Waals surface area (Å²) in [5.41, 5.74) is 1.66. The Bertz CT molecular complexity index is 1180. The molecule has 1 aliphatic heterocycles. The number of amides is 1. The summed E-state index contributed by atoms with van der Waals surface area (Å²) in [7, 11) is 0. The van der Waals surface area contributed by atoms with Crippen molar-refractivity contribution in [1.82, 2.24) is 4.90 Å². The number of hydrogen-bond donors (Lipinski definition) is 1. The first-order chi connectivity index (χ1) is 16.5. The first-order valence-electron chi connectivity index (χ1n) is 11.3. The van der Waals surface area contributed by atoms with Crippen molar-refractivity contribution in [2.75, 3.05) is 19.8 Å². The highest BCUT2D eigenvalue weighted by Crippen LogP contribution is 2.42. The number of aliphatic hydroxyl groups is 1. The molecule has 7 nitrogen and oxygen atoms in total. The Kier molecular flexibility index (Phi) is 7.01. The summed E-state index contributed by atoms with van der Waals surface area (Å²) in [5.74, 6) is -0.557. The van der Waals surface area contributed by atoms with Crippen LogP contribution in [0.15, 0.2) is 82.7 Å².